The van der Waals surface area contributed by atoms with E-state index in [-0.39, 0.29) is 23.3 Å². The number of nitrogens with zero attached hydrogens (tertiary/aromatic N) is 4. The second-order valence-electron chi connectivity index (χ2n) is 22.4. The molecule has 0 fully saturated rings. The number of rotatable bonds is 4. The van der Waals surface area contributed by atoms with Gasteiger partial charge in [0.2, 0.25) is 22.8 Å². The summed E-state index contributed by atoms with van der Waals surface area (Å²) >= 11 is 0. The Kier molecular flexibility index (Phi) is 14.7. The van der Waals surface area contributed by atoms with Crippen molar-refractivity contribution >= 4 is 87.8 Å². The zero-order chi connectivity index (χ0) is 61.1. The predicted octanol–water partition coefficient (Wildman–Crippen LogP) is 18.1. The minimum Gasteiger partial charge on any atom is -0.456 e. The molecule has 0 spiro atoms. The van der Waals surface area contributed by atoms with Crippen LogP contribution >= 0.6 is 0 Å². The van der Waals surface area contributed by atoms with Crippen LogP contribution < -0.4 is 18.3 Å². The topological polar surface area (TPSA) is 68.1 Å². The molecular formula is C76H60F4N4O4+4. The standard InChI is InChI=1S/4C19H15FNO/c1-12-10-15-13-6-5-7-16(20)19(13)22-18(15)11-14(12)17-8-3-4-9-21(17)2;1-12-10-14-18(22-17-8-5-6-15(20)19(14)17)11-13(12)16-7-3-4-9-21(16)2;1-12-9-15-16-10-13(20)6-7-18(16)22-19(15)11-14(12)17-5-3-4-8-21(17)2;1-12-9-16-14-7-6-13(20)10-18(14)22-19(16)11-15(12)17-5-3-4-8-21(17)2/h4*3-11H,1-2H3/q4*+1. The second-order valence-corrected chi connectivity index (χ2v) is 22.4. The monoisotopic (exact) mass is 1170 g/mol. The molecule has 0 atom stereocenters. The zero-order valence-electron chi connectivity index (χ0n) is 49.7. The molecule has 0 aliphatic rings. The highest BCUT2D eigenvalue weighted by Gasteiger charge is 2.22. The molecule has 0 radical (unpaired) electrons. The van der Waals surface area contributed by atoms with Gasteiger partial charge in [0.25, 0.3) is 0 Å². The van der Waals surface area contributed by atoms with Gasteiger partial charge in [-0.1, -0.05) is 18.2 Å². The number of fused-ring (bicyclic) bond motifs is 12. The number of halogens is 4. The summed E-state index contributed by atoms with van der Waals surface area (Å²) in [5.41, 5.74) is 18.6. The summed E-state index contributed by atoms with van der Waals surface area (Å²) in [5.74, 6) is -1.09. The number of aromatic nitrogens is 4. The Bertz CT molecular complexity index is 5280. The van der Waals surface area contributed by atoms with E-state index in [0.29, 0.717) is 38.9 Å². The summed E-state index contributed by atoms with van der Waals surface area (Å²) in [5, 5.41) is 6.91. The Morgan fingerprint density at radius 1 is 0.273 bits per heavy atom. The second kappa shape index (κ2) is 22.9. The zero-order valence-corrected chi connectivity index (χ0v) is 49.7. The van der Waals surface area contributed by atoms with E-state index >= 15 is 0 Å². The largest absolute Gasteiger partial charge is 0.456 e. The summed E-state index contributed by atoms with van der Waals surface area (Å²) in [7, 11) is 8.06. The van der Waals surface area contributed by atoms with Crippen LogP contribution in [0.5, 0.6) is 0 Å². The Morgan fingerprint density at radius 2 is 0.648 bits per heavy atom. The minimum atomic E-state index is -0.321. The Balaban J connectivity index is 0.000000108. The molecule has 8 heterocycles. The normalized spacial score (nSPS) is 11.4. The first kappa shape index (κ1) is 56.4. The van der Waals surface area contributed by atoms with Crippen LogP contribution in [0.15, 0.2) is 237 Å². The van der Waals surface area contributed by atoms with Crippen molar-refractivity contribution in [3.63, 3.8) is 0 Å². The molecule has 12 heteroatoms. The van der Waals surface area contributed by atoms with Crippen molar-refractivity contribution in [2.24, 2.45) is 28.2 Å². The van der Waals surface area contributed by atoms with Crippen LogP contribution in [0.4, 0.5) is 17.6 Å². The molecule has 16 aromatic rings. The van der Waals surface area contributed by atoms with Crippen molar-refractivity contribution < 1.29 is 53.5 Å². The van der Waals surface area contributed by atoms with Crippen molar-refractivity contribution in [3.8, 4) is 45.0 Å². The summed E-state index contributed by atoms with van der Waals surface area (Å²) in [6.45, 7) is 8.27. The molecule has 8 aromatic heterocycles. The van der Waals surface area contributed by atoms with Crippen molar-refractivity contribution in [3.05, 3.63) is 264 Å². The van der Waals surface area contributed by atoms with Crippen LogP contribution in [0.1, 0.15) is 22.3 Å². The van der Waals surface area contributed by atoms with Crippen LogP contribution in [0.2, 0.25) is 0 Å². The smallest absolute Gasteiger partial charge is 0.212 e. The van der Waals surface area contributed by atoms with Crippen LogP contribution in [-0.2, 0) is 28.2 Å². The summed E-state index contributed by atoms with van der Waals surface area (Å²) in [6.07, 6.45) is 8.06. The van der Waals surface area contributed by atoms with Gasteiger partial charge in [0, 0.05) is 92.3 Å². The average Bonchev–Trinajstić information content (AvgIpc) is 4.09. The fourth-order valence-corrected chi connectivity index (χ4v) is 12.0. The molecule has 88 heavy (non-hydrogen) atoms. The lowest BCUT2D eigenvalue weighted by Crippen LogP contribution is -2.30. The average molecular weight is 1170 g/mol. The van der Waals surface area contributed by atoms with E-state index in [1.165, 1.54) is 42.0 Å². The number of hydrogen-bond donors (Lipinski definition) is 0. The molecule has 0 amide bonds. The predicted molar refractivity (Wildman–Crippen MR) is 340 cm³/mol. The fraction of sp³-hybridized carbons (Fsp3) is 0.105. The Hall–Kier alpha value is -10.7. The third-order valence-corrected chi connectivity index (χ3v) is 16.5. The lowest BCUT2D eigenvalue weighted by Gasteiger charge is -2.04. The lowest BCUT2D eigenvalue weighted by atomic mass is 10.0. The van der Waals surface area contributed by atoms with Gasteiger partial charge in [0.05, 0.1) is 27.6 Å². The van der Waals surface area contributed by atoms with Gasteiger partial charge in [-0.25, -0.2) is 35.8 Å². The van der Waals surface area contributed by atoms with Gasteiger partial charge in [-0.05, 0) is 171 Å². The number of aryl methyl sites for hydroxylation is 8. The van der Waals surface area contributed by atoms with Crippen LogP contribution in [0.25, 0.3) is 133 Å². The molecule has 0 N–H and O–H groups in total. The number of furan rings is 4. The summed E-state index contributed by atoms with van der Waals surface area (Å²) in [4.78, 5) is 0. The van der Waals surface area contributed by atoms with Crippen molar-refractivity contribution in [2.45, 2.75) is 27.7 Å². The van der Waals surface area contributed by atoms with Crippen LogP contribution in [0, 0.1) is 51.0 Å². The van der Waals surface area contributed by atoms with Gasteiger partial charge >= 0.3 is 0 Å². The molecule has 0 unspecified atom stereocenters. The number of hydrogen-bond acceptors (Lipinski definition) is 4. The maximum Gasteiger partial charge on any atom is 0.212 e. The van der Waals surface area contributed by atoms with Gasteiger partial charge in [-0.3, -0.25) is 0 Å². The molecular weight excluding hydrogens is 1110 g/mol. The lowest BCUT2D eigenvalue weighted by molar-refractivity contribution is -0.660. The first-order valence-corrected chi connectivity index (χ1v) is 28.8. The first-order chi connectivity index (χ1) is 42.6. The van der Waals surface area contributed by atoms with Gasteiger partial charge < -0.3 is 17.7 Å². The molecule has 8 aromatic carbocycles. The summed E-state index contributed by atoms with van der Waals surface area (Å²) < 4.78 is 86.5. The van der Waals surface area contributed by atoms with Crippen molar-refractivity contribution in [1.82, 2.24) is 0 Å². The maximum absolute atomic E-state index is 14.1. The number of pyridine rings is 4. The van der Waals surface area contributed by atoms with E-state index in [1.807, 2.05) is 145 Å². The minimum absolute atomic E-state index is 0.242. The molecule has 0 bridgehead atoms. The van der Waals surface area contributed by atoms with Gasteiger partial charge in [0.15, 0.2) is 36.2 Å². The van der Waals surface area contributed by atoms with E-state index in [2.05, 4.69) is 81.5 Å². The molecule has 0 saturated heterocycles. The van der Waals surface area contributed by atoms with E-state index < -0.39 is 0 Å². The van der Waals surface area contributed by atoms with Gasteiger partial charge in [-0.2, -0.15) is 0 Å². The van der Waals surface area contributed by atoms with Crippen LogP contribution in [-0.4, -0.2) is 0 Å². The highest BCUT2D eigenvalue weighted by atomic mass is 19.1. The van der Waals surface area contributed by atoms with Crippen LogP contribution in [0.3, 0.4) is 0 Å². The maximum atomic E-state index is 14.1. The molecule has 0 saturated carbocycles. The van der Waals surface area contributed by atoms with Gasteiger partial charge in [-0.15, -0.1) is 0 Å². The van der Waals surface area contributed by atoms with Crippen molar-refractivity contribution in [1.29, 1.82) is 0 Å². The molecule has 432 valence electrons. The Labute approximate surface area is 504 Å². The van der Waals surface area contributed by atoms with E-state index in [9.17, 15) is 17.6 Å². The third-order valence-electron chi connectivity index (χ3n) is 16.5. The fourth-order valence-electron chi connectivity index (χ4n) is 12.0. The highest BCUT2D eigenvalue weighted by molar-refractivity contribution is 6.09. The van der Waals surface area contributed by atoms with E-state index in [4.69, 9.17) is 17.7 Å². The SMILES string of the molecule is Cc1cc2c(cc1-c1cccc[n+]1C)oc1c(F)cccc12.Cc1cc2c(cc1-c1cccc[n+]1C)oc1cc(F)ccc12.Cc1cc2c(cc1-c1cccc[n+]1C)oc1ccc(F)cc12.Cc1cc2c(cc1-c1cccc[n+]1C)oc1cccc(F)c12. The molecule has 0 aliphatic carbocycles. The van der Waals surface area contributed by atoms with E-state index in [0.717, 1.165) is 111 Å². The first-order valence-electron chi connectivity index (χ1n) is 28.8. The highest BCUT2D eigenvalue weighted by Crippen LogP contribution is 2.39. The van der Waals surface area contributed by atoms with E-state index in [1.54, 1.807) is 30.3 Å². The third kappa shape index (κ3) is 10.5. The molecule has 16 rings (SSSR count). The number of para-hydroxylation sites is 1. The Morgan fingerprint density at radius 3 is 1.16 bits per heavy atom. The van der Waals surface area contributed by atoms with Gasteiger partial charge in [0.1, 0.15) is 84.7 Å². The van der Waals surface area contributed by atoms with Crippen molar-refractivity contribution in [2.75, 3.05) is 0 Å². The molecule has 8 nitrogen and oxygen atoms in total. The quantitative estimate of drug-likeness (QED) is 0.130. The number of benzene rings is 8. The summed E-state index contributed by atoms with van der Waals surface area (Å²) in [6, 6.07) is 60.0. The molecule has 0 aliphatic heterocycles.